The first-order valence-electron chi connectivity index (χ1n) is 12.2. The third kappa shape index (κ3) is 3.35. The van der Waals surface area contributed by atoms with Gasteiger partial charge in [-0.25, -0.2) is 0 Å². The number of morpholine rings is 1. The minimum absolute atomic E-state index is 0.329. The lowest BCUT2D eigenvalue weighted by Crippen LogP contribution is -2.52. The standard InChI is InChI=1S/C28H29BrN2O5/c1-34-22-15-30-16-23-25(22)27(33)26(32)21(17-31-11-13-35-14-12-31)24(18-5-3-2-4-6-18)28(27,36-23)19-7-9-20(29)10-8-19/h2-10,15-16,21,24,26,32-33H,11-14,17H2,1H3/t21-,24-,26-,27+,28+/m1/s1. The average Bonchev–Trinajstić information content (AvgIpc) is 3.28. The molecular weight excluding hydrogens is 524 g/mol. The fourth-order valence-electron chi connectivity index (χ4n) is 6.52. The summed E-state index contributed by atoms with van der Waals surface area (Å²) in [6, 6.07) is 17.9. The smallest absolute Gasteiger partial charge is 0.177 e. The van der Waals surface area contributed by atoms with Crippen LogP contribution >= 0.6 is 15.9 Å². The second-order valence-corrected chi connectivity index (χ2v) is 10.7. The lowest BCUT2D eigenvalue weighted by molar-refractivity contribution is -0.152. The van der Waals surface area contributed by atoms with Gasteiger partial charge in [0.15, 0.2) is 11.2 Å². The molecule has 5 atom stereocenters. The zero-order chi connectivity index (χ0) is 24.9. The van der Waals surface area contributed by atoms with Crippen LogP contribution in [-0.4, -0.2) is 66.2 Å². The van der Waals surface area contributed by atoms with Crippen molar-refractivity contribution in [3.05, 3.63) is 88.2 Å². The van der Waals surface area contributed by atoms with Crippen LogP contribution < -0.4 is 9.47 Å². The molecule has 188 valence electrons. The maximum Gasteiger partial charge on any atom is 0.177 e. The lowest BCUT2D eigenvalue weighted by atomic mass is 9.70. The molecule has 2 fully saturated rings. The predicted octanol–water partition coefficient (Wildman–Crippen LogP) is 3.43. The van der Waals surface area contributed by atoms with Gasteiger partial charge in [-0.1, -0.05) is 58.4 Å². The number of pyridine rings is 1. The molecule has 6 rings (SSSR count). The highest BCUT2D eigenvalue weighted by Crippen LogP contribution is 2.69. The van der Waals surface area contributed by atoms with E-state index in [1.807, 2.05) is 42.5 Å². The zero-order valence-corrected chi connectivity index (χ0v) is 21.6. The van der Waals surface area contributed by atoms with Gasteiger partial charge in [-0.05, 0) is 23.3 Å². The van der Waals surface area contributed by atoms with Crippen molar-refractivity contribution in [3.63, 3.8) is 0 Å². The maximum atomic E-state index is 12.8. The monoisotopic (exact) mass is 552 g/mol. The number of benzene rings is 2. The van der Waals surface area contributed by atoms with Crippen molar-refractivity contribution in [2.24, 2.45) is 5.92 Å². The Balaban J connectivity index is 1.61. The van der Waals surface area contributed by atoms with Crippen LogP contribution in [0.2, 0.25) is 0 Å². The summed E-state index contributed by atoms with van der Waals surface area (Å²) in [6.45, 7) is 3.45. The molecule has 7 nitrogen and oxygen atoms in total. The fourth-order valence-corrected chi connectivity index (χ4v) is 6.78. The number of nitrogens with zero attached hydrogens (tertiary/aromatic N) is 2. The van der Waals surface area contributed by atoms with Crippen LogP contribution in [0.25, 0.3) is 0 Å². The Bertz CT molecular complexity index is 1240. The Labute approximate surface area is 218 Å². The van der Waals surface area contributed by atoms with Gasteiger partial charge in [0.2, 0.25) is 0 Å². The van der Waals surface area contributed by atoms with Crippen molar-refractivity contribution in [3.8, 4) is 11.5 Å². The number of methoxy groups -OCH3 is 1. The number of hydrogen-bond donors (Lipinski definition) is 2. The van der Waals surface area contributed by atoms with Crippen LogP contribution in [0.1, 0.15) is 22.6 Å². The van der Waals surface area contributed by atoms with Crippen molar-refractivity contribution >= 4 is 15.9 Å². The van der Waals surface area contributed by atoms with Crippen molar-refractivity contribution < 1.29 is 24.4 Å². The van der Waals surface area contributed by atoms with Crippen LogP contribution in [0.4, 0.5) is 0 Å². The lowest BCUT2D eigenvalue weighted by Gasteiger charge is -2.41. The van der Waals surface area contributed by atoms with Gasteiger partial charge in [0.05, 0.1) is 44.4 Å². The molecule has 1 saturated heterocycles. The molecule has 8 heteroatoms. The first-order valence-corrected chi connectivity index (χ1v) is 13.0. The molecule has 0 spiro atoms. The molecule has 3 aromatic rings. The Kier molecular flexibility index (Phi) is 6.05. The van der Waals surface area contributed by atoms with Crippen LogP contribution in [0.3, 0.4) is 0 Å². The van der Waals surface area contributed by atoms with Crippen LogP contribution in [0.5, 0.6) is 11.5 Å². The van der Waals surface area contributed by atoms with E-state index in [2.05, 4.69) is 37.9 Å². The van der Waals surface area contributed by atoms with E-state index in [0.717, 1.165) is 28.7 Å². The highest BCUT2D eigenvalue weighted by molar-refractivity contribution is 9.10. The number of rotatable bonds is 5. The molecule has 0 unspecified atom stereocenters. The number of aliphatic hydroxyl groups is 2. The maximum absolute atomic E-state index is 12.8. The molecule has 2 N–H and O–H groups in total. The van der Waals surface area contributed by atoms with Crippen LogP contribution in [0.15, 0.2) is 71.5 Å². The Morgan fingerprint density at radius 3 is 2.50 bits per heavy atom. The first-order chi connectivity index (χ1) is 17.5. The molecule has 2 aromatic carbocycles. The SMILES string of the molecule is COc1cncc2c1[C@]1(O)[C@H](O)[C@H](CN3CCOCC3)[C@@H](c3ccccc3)[C@]1(c1ccc(Br)cc1)O2. The fraction of sp³-hybridized carbons (Fsp3) is 0.393. The summed E-state index contributed by atoms with van der Waals surface area (Å²) >= 11 is 3.54. The first kappa shape index (κ1) is 23.9. The molecular formula is C28H29BrN2O5. The van der Waals surface area contributed by atoms with Crippen molar-refractivity contribution in [2.75, 3.05) is 40.0 Å². The number of aliphatic hydroxyl groups excluding tert-OH is 1. The Morgan fingerprint density at radius 2 is 1.81 bits per heavy atom. The molecule has 1 saturated carbocycles. The summed E-state index contributed by atoms with van der Waals surface area (Å²) in [5.74, 6) is 0.126. The number of fused-ring (bicyclic) bond motifs is 3. The van der Waals surface area contributed by atoms with Gasteiger partial charge in [-0.15, -0.1) is 0 Å². The Hall–Kier alpha value is -2.49. The van der Waals surface area contributed by atoms with Crippen LogP contribution in [0, 0.1) is 5.92 Å². The molecule has 0 amide bonds. The van der Waals surface area contributed by atoms with E-state index < -0.39 is 17.3 Å². The average molecular weight is 553 g/mol. The number of ether oxygens (including phenoxy) is 3. The largest absolute Gasteiger partial charge is 0.495 e. The van der Waals surface area contributed by atoms with E-state index in [1.165, 1.54) is 0 Å². The number of aromatic nitrogens is 1. The van der Waals surface area contributed by atoms with E-state index in [9.17, 15) is 10.2 Å². The van der Waals surface area contributed by atoms with Crippen molar-refractivity contribution in [2.45, 2.75) is 23.2 Å². The Morgan fingerprint density at radius 1 is 1.08 bits per heavy atom. The van der Waals surface area contributed by atoms with Crippen molar-refractivity contribution in [1.29, 1.82) is 0 Å². The summed E-state index contributed by atoms with van der Waals surface area (Å²) in [5.41, 5.74) is -0.857. The van der Waals surface area contributed by atoms with Gasteiger partial charge < -0.3 is 24.4 Å². The molecule has 0 radical (unpaired) electrons. The molecule has 2 aliphatic heterocycles. The van der Waals surface area contributed by atoms with E-state index >= 15 is 0 Å². The van der Waals surface area contributed by atoms with E-state index in [-0.39, 0.29) is 11.8 Å². The molecule has 1 aromatic heterocycles. The minimum atomic E-state index is -1.78. The van der Waals surface area contributed by atoms with Crippen molar-refractivity contribution in [1.82, 2.24) is 9.88 Å². The normalized spacial score (nSPS) is 31.5. The van der Waals surface area contributed by atoms with Gasteiger partial charge in [0.1, 0.15) is 11.5 Å². The van der Waals surface area contributed by atoms with E-state index in [1.54, 1.807) is 19.5 Å². The molecule has 36 heavy (non-hydrogen) atoms. The van der Waals surface area contributed by atoms with Gasteiger partial charge >= 0.3 is 0 Å². The topological polar surface area (TPSA) is 84.3 Å². The molecule has 0 bridgehead atoms. The van der Waals surface area contributed by atoms with Gasteiger partial charge in [-0.2, -0.15) is 0 Å². The molecule has 1 aliphatic carbocycles. The second kappa shape index (κ2) is 9.11. The van der Waals surface area contributed by atoms with Crippen LogP contribution in [-0.2, 0) is 15.9 Å². The highest BCUT2D eigenvalue weighted by Gasteiger charge is 2.76. The zero-order valence-electron chi connectivity index (χ0n) is 20.0. The van der Waals surface area contributed by atoms with Gasteiger partial charge in [0.25, 0.3) is 0 Å². The molecule has 3 aliphatic rings. The quantitative estimate of drug-likeness (QED) is 0.501. The summed E-state index contributed by atoms with van der Waals surface area (Å²) in [6.07, 6.45) is 2.03. The van der Waals surface area contributed by atoms with E-state index in [0.29, 0.717) is 36.8 Å². The summed E-state index contributed by atoms with van der Waals surface area (Å²) in [4.78, 5) is 6.59. The third-order valence-corrected chi connectivity index (χ3v) is 8.55. The van der Waals surface area contributed by atoms with E-state index in [4.69, 9.17) is 14.2 Å². The summed E-state index contributed by atoms with van der Waals surface area (Å²) < 4.78 is 19.0. The third-order valence-electron chi connectivity index (χ3n) is 8.02. The number of hydrogen-bond acceptors (Lipinski definition) is 7. The number of halogens is 1. The predicted molar refractivity (Wildman–Crippen MR) is 137 cm³/mol. The van der Waals surface area contributed by atoms with Gasteiger partial charge in [-0.3, -0.25) is 9.88 Å². The summed E-state index contributed by atoms with van der Waals surface area (Å²) in [7, 11) is 1.54. The highest BCUT2D eigenvalue weighted by atomic mass is 79.9. The summed E-state index contributed by atoms with van der Waals surface area (Å²) in [5, 5.41) is 25.0. The minimum Gasteiger partial charge on any atom is -0.495 e. The second-order valence-electron chi connectivity index (χ2n) is 9.74. The van der Waals surface area contributed by atoms with Gasteiger partial charge in [0, 0.05) is 35.9 Å². The molecule has 3 heterocycles.